The first-order valence-electron chi connectivity index (χ1n) is 10.3. The van der Waals surface area contributed by atoms with Crippen molar-refractivity contribution < 1.29 is 44.1 Å². The Morgan fingerprint density at radius 1 is 0.879 bits per heavy atom. The molecule has 6 atom stereocenters. The molecule has 0 aromatic heterocycles. The maximum absolute atomic E-state index is 12.7. The lowest BCUT2D eigenvalue weighted by atomic mass is 9.97. The van der Waals surface area contributed by atoms with Crippen LogP contribution >= 0.6 is 0 Å². The van der Waals surface area contributed by atoms with E-state index in [-0.39, 0.29) is 12.8 Å². The van der Waals surface area contributed by atoms with E-state index in [1.165, 1.54) is 0 Å². The Bertz CT molecular complexity index is 743. The molecule has 0 fully saturated rings. The van der Waals surface area contributed by atoms with Crippen molar-refractivity contribution in [3.05, 3.63) is 0 Å². The van der Waals surface area contributed by atoms with Gasteiger partial charge in [0.15, 0.2) is 6.04 Å². The molecule has 0 saturated heterocycles. The van der Waals surface area contributed by atoms with Gasteiger partial charge in [0.25, 0.3) is 0 Å². The fraction of sp³-hybridized carbons (Fsp3) is 0.684. The number of nitrogens with one attached hydrogen (secondary N) is 3. The minimum atomic E-state index is -1.64. The molecule has 0 aromatic carbocycles. The van der Waals surface area contributed by atoms with Gasteiger partial charge in [0.1, 0.15) is 12.1 Å². The predicted octanol–water partition coefficient (Wildman–Crippen LogP) is -2.98. The molecule has 0 aliphatic carbocycles. The molecule has 14 nitrogen and oxygen atoms in total. The van der Waals surface area contributed by atoms with Crippen LogP contribution in [0.3, 0.4) is 0 Å². The van der Waals surface area contributed by atoms with Crippen molar-refractivity contribution in [2.24, 2.45) is 17.4 Å². The van der Waals surface area contributed by atoms with Gasteiger partial charge in [-0.25, -0.2) is 4.79 Å². The normalized spacial score (nSPS) is 16.3. The average molecular weight is 475 g/mol. The Morgan fingerprint density at radius 3 is 1.85 bits per heavy atom. The van der Waals surface area contributed by atoms with E-state index >= 15 is 0 Å². The molecule has 0 radical (unpaired) electrons. The molecule has 6 unspecified atom stereocenters. The molecule has 188 valence electrons. The molecule has 14 heteroatoms. The molecular formula is C19H33N5O9. The summed E-state index contributed by atoms with van der Waals surface area (Å²) in [5.41, 5.74) is 10.6. The molecule has 4 amide bonds. The van der Waals surface area contributed by atoms with Crippen LogP contribution in [0.2, 0.25) is 0 Å². The summed E-state index contributed by atoms with van der Waals surface area (Å²) in [6, 6.07) is -5.78. The maximum Gasteiger partial charge on any atom is 0.328 e. The minimum Gasteiger partial charge on any atom is -0.481 e. The van der Waals surface area contributed by atoms with Crippen molar-refractivity contribution in [1.82, 2.24) is 16.0 Å². The number of aliphatic carboxylic acids is 2. The number of primary amides is 1. The van der Waals surface area contributed by atoms with Crippen LogP contribution in [0, 0.1) is 5.92 Å². The van der Waals surface area contributed by atoms with E-state index in [0.29, 0.717) is 6.42 Å². The lowest BCUT2D eigenvalue weighted by molar-refractivity contribution is -0.146. The van der Waals surface area contributed by atoms with Crippen LogP contribution in [0.4, 0.5) is 0 Å². The quantitative estimate of drug-likeness (QED) is 0.119. The molecule has 0 spiro atoms. The standard InChI is InChI=1S/C19H33N5O9/c1-4-8(2)14(18(31)24-15(9(3)25)19(32)33)23-17(30)11(7-13(27)28)22-16(29)10(20)5-6-12(21)26/h8-11,14-15,25H,4-7,20H2,1-3H3,(H2,21,26)(H,22,29)(H,23,30)(H,24,31)(H,27,28)(H,32,33). The number of carbonyl (C=O) groups is 6. The molecule has 0 aromatic rings. The molecule has 0 aliphatic rings. The smallest absolute Gasteiger partial charge is 0.328 e. The first kappa shape index (κ1) is 29.7. The van der Waals surface area contributed by atoms with E-state index < -0.39 is 78.2 Å². The van der Waals surface area contributed by atoms with Gasteiger partial charge in [-0.2, -0.15) is 0 Å². The van der Waals surface area contributed by atoms with Crippen molar-refractivity contribution in [2.75, 3.05) is 0 Å². The summed E-state index contributed by atoms with van der Waals surface area (Å²) in [4.78, 5) is 70.9. The Morgan fingerprint density at radius 2 is 1.42 bits per heavy atom. The summed E-state index contributed by atoms with van der Waals surface area (Å²) in [6.45, 7) is 4.46. The molecule has 0 saturated carbocycles. The van der Waals surface area contributed by atoms with Crippen molar-refractivity contribution in [3.8, 4) is 0 Å². The summed E-state index contributed by atoms with van der Waals surface area (Å²) in [7, 11) is 0. The van der Waals surface area contributed by atoms with Crippen molar-refractivity contribution in [3.63, 3.8) is 0 Å². The van der Waals surface area contributed by atoms with Crippen LogP contribution in [0.5, 0.6) is 0 Å². The number of amides is 4. The van der Waals surface area contributed by atoms with Gasteiger partial charge >= 0.3 is 11.9 Å². The van der Waals surface area contributed by atoms with E-state index in [1.807, 2.05) is 0 Å². The summed E-state index contributed by atoms with van der Waals surface area (Å²) in [5, 5.41) is 34.5. The zero-order valence-electron chi connectivity index (χ0n) is 18.7. The van der Waals surface area contributed by atoms with E-state index in [2.05, 4.69) is 16.0 Å². The number of rotatable bonds is 15. The Kier molecular flexibility index (Phi) is 12.6. The first-order valence-corrected chi connectivity index (χ1v) is 10.3. The van der Waals surface area contributed by atoms with Crippen molar-refractivity contribution in [1.29, 1.82) is 0 Å². The van der Waals surface area contributed by atoms with Gasteiger partial charge in [-0.1, -0.05) is 20.3 Å². The van der Waals surface area contributed by atoms with Crippen LogP contribution in [0.15, 0.2) is 0 Å². The topological polar surface area (TPSA) is 251 Å². The number of carboxylic acids is 2. The van der Waals surface area contributed by atoms with Gasteiger partial charge in [0.05, 0.1) is 18.6 Å². The van der Waals surface area contributed by atoms with Gasteiger partial charge in [0.2, 0.25) is 23.6 Å². The third-order valence-corrected chi connectivity index (χ3v) is 4.89. The van der Waals surface area contributed by atoms with Gasteiger partial charge in [-0.05, 0) is 19.3 Å². The molecule has 0 bridgehead atoms. The molecule has 0 rings (SSSR count). The molecular weight excluding hydrogens is 442 g/mol. The highest BCUT2D eigenvalue weighted by atomic mass is 16.4. The van der Waals surface area contributed by atoms with Gasteiger partial charge in [-0.15, -0.1) is 0 Å². The number of carboxylic acid groups (broad SMARTS) is 2. The average Bonchev–Trinajstić information content (AvgIpc) is 2.71. The summed E-state index contributed by atoms with van der Waals surface area (Å²) in [5.74, 6) is -6.96. The highest BCUT2D eigenvalue weighted by Crippen LogP contribution is 2.10. The second-order valence-electron chi connectivity index (χ2n) is 7.71. The van der Waals surface area contributed by atoms with E-state index in [4.69, 9.17) is 21.7 Å². The first-order chi connectivity index (χ1) is 15.2. The zero-order chi connectivity index (χ0) is 25.9. The van der Waals surface area contributed by atoms with E-state index in [9.17, 15) is 33.9 Å². The van der Waals surface area contributed by atoms with Gasteiger partial charge < -0.3 is 42.7 Å². The van der Waals surface area contributed by atoms with Crippen LogP contribution in [0.25, 0.3) is 0 Å². The van der Waals surface area contributed by atoms with E-state index in [1.54, 1.807) is 13.8 Å². The van der Waals surface area contributed by atoms with Crippen LogP contribution in [-0.4, -0.2) is 81.2 Å². The van der Waals surface area contributed by atoms with Crippen molar-refractivity contribution in [2.45, 2.75) is 76.7 Å². The third-order valence-electron chi connectivity index (χ3n) is 4.89. The Labute approximate surface area is 190 Å². The largest absolute Gasteiger partial charge is 0.481 e. The molecule has 10 N–H and O–H groups in total. The monoisotopic (exact) mass is 475 g/mol. The number of hydrogen-bond donors (Lipinski definition) is 8. The SMILES string of the molecule is CCC(C)C(NC(=O)C(CC(=O)O)NC(=O)C(N)CCC(N)=O)C(=O)NC(C(=O)O)C(C)O. The number of hydrogen-bond acceptors (Lipinski definition) is 8. The number of carbonyl (C=O) groups excluding carboxylic acids is 4. The third kappa shape index (κ3) is 10.7. The Balaban J connectivity index is 5.54. The maximum atomic E-state index is 12.7. The summed E-state index contributed by atoms with van der Waals surface area (Å²) >= 11 is 0. The number of aliphatic hydroxyl groups excluding tert-OH is 1. The highest BCUT2D eigenvalue weighted by molar-refractivity contribution is 5.95. The molecule has 0 heterocycles. The van der Waals surface area contributed by atoms with Gasteiger partial charge in [-0.3, -0.25) is 24.0 Å². The highest BCUT2D eigenvalue weighted by Gasteiger charge is 2.34. The lowest BCUT2D eigenvalue weighted by Crippen LogP contribution is -2.60. The summed E-state index contributed by atoms with van der Waals surface area (Å²) in [6.07, 6.45) is -2.22. The van der Waals surface area contributed by atoms with Crippen molar-refractivity contribution >= 4 is 35.6 Å². The zero-order valence-corrected chi connectivity index (χ0v) is 18.7. The number of nitrogens with two attached hydrogens (primary N) is 2. The van der Waals surface area contributed by atoms with E-state index in [0.717, 1.165) is 6.92 Å². The predicted molar refractivity (Wildman–Crippen MR) is 113 cm³/mol. The lowest BCUT2D eigenvalue weighted by Gasteiger charge is -2.28. The second-order valence-corrected chi connectivity index (χ2v) is 7.71. The fourth-order valence-electron chi connectivity index (χ4n) is 2.68. The van der Waals surface area contributed by atoms with Crippen LogP contribution in [0.1, 0.15) is 46.5 Å². The number of aliphatic hydroxyl groups is 1. The molecule has 33 heavy (non-hydrogen) atoms. The van der Waals surface area contributed by atoms with Crippen LogP contribution < -0.4 is 27.4 Å². The van der Waals surface area contributed by atoms with Gasteiger partial charge in [0, 0.05) is 6.42 Å². The molecule has 0 aliphatic heterocycles. The summed E-state index contributed by atoms with van der Waals surface area (Å²) < 4.78 is 0. The van der Waals surface area contributed by atoms with Crippen LogP contribution in [-0.2, 0) is 28.8 Å². The second kappa shape index (κ2) is 14.0. The fourth-order valence-corrected chi connectivity index (χ4v) is 2.68. The Hall–Kier alpha value is -3.26. The minimum absolute atomic E-state index is 0.129.